The Labute approximate surface area is 201 Å². The molecule has 0 saturated heterocycles. The zero-order valence-corrected chi connectivity index (χ0v) is 20.3. The quantitative estimate of drug-likeness (QED) is 0.308. The molecule has 0 bridgehead atoms. The number of ether oxygens (including phenoxy) is 2. The number of carbonyl (C=O) groups excluding carboxylic acids is 1. The fourth-order valence-electron chi connectivity index (χ4n) is 2.89. The first-order valence-corrected chi connectivity index (χ1v) is 11.3. The van der Waals surface area contributed by atoms with E-state index in [1.807, 2.05) is 68.4 Å². The molecular weight excluding hydrogens is 527 g/mol. The maximum absolute atomic E-state index is 12.4. The molecule has 162 valence electrons. The Hall–Kier alpha value is -2.45. The van der Waals surface area contributed by atoms with Crippen molar-refractivity contribution in [1.82, 2.24) is 0 Å². The van der Waals surface area contributed by atoms with Crippen LogP contribution in [0.5, 0.6) is 11.5 Å². The number of halogens is 2. The summed E-state index contributed by atoms with van der Waals surface area (Å²) in [5, 5.41) is 6.79. The van der Waals surface area contributed by atoms with Crippen LogP contribution >= 0.6 is 34.2 Å². The number of carbonyl (C=O) groups is 1. The first-order valence-electron chi connectivity index (χ1n) is 9.89. The molecule has 0 aromatic heterocycles. The average molecular weight is 551 g/mol. The summed E-state index contributed by atoms with van der Waals surface area (Å²) < 4.78 is 12.5. The maximum atomic E-state index is 12.4. The Morgan fingerprint density at radius 1 is 1.03 bits per heavy atom. The summed E-state index contributed by atoms with van der Waals surface area (Å²) in [6.07, 6.45) is 0. The lowest BCUT2D eigenvalue weighted by atomic mass is 10.2. The molecule has 0 atom stereocenters. The highest BCUT2D eigenvalue weighted by Gasteiger charge is 2.14. The summed E-state index contributed by atoms with van der Waals surface area (Å²) >= 11 is 8.32. The van der Waals surface area contributed by atoms with Crippen LogP contribution in [-0.4, -0.2) is 19.1 Å². The van der Waals surface area contributed by atoms with E-state index in [0.29, 0.717) is 35.4 Å². The third kappa shape index (κ3) is 6.77. The van der Waals surface area contributed by atoms with Gasteiger partial charge in [0.2, 0.25) is 0 Å². The van der Waals surface area contributed by atoms with Crippen LogP contribution in [0.1, 0.15) is 18.1 Å². The molecule has 0 heterocycles. The molecule has 3 rings (SSSR count). The minimum Gasteiger partial charge on any atom is -0.490 e. The van der Waals surface area contributed by atoms with Gasteiger partial charge in [-0.2, -0.15) is 0 Å². The number of hydrogen-bond acceptors (Lipinski definition) is 4. The predicted octanol–water partition coefficient (Wildman–Crippen LogP) is 6.28. The van der Waals surface area contributed by atoms with Gasteiger partial charge in [0.1, 0.15) is 0 Å². The molecule has 31 heavy (non-hydrogen) atoms. The van der Waals surface area contributed by atoms with Gasteiger partial charge in [0.25, 0.3) is 5.91 Å². The zero-order valence-electron chi connectivity index (χ0n) is 17.4. The lowest BCUT2D eigenvalue weighted by Crippen LogP contribution is -2.20. The molecule has 0 aliphatic carbocycles. The lowest BCUT2D eigenvalue weighted by Gasteiger charge is -2.16. The summed E-state index contributed by atoms with van der Waals surface area (Å²) in [5.74, 6) is 0.904. The molecule has 0 aliphatic rings. The van der Waals surface area contributed by atoms with Gasteiger partial charge in [-0.25, -0.2) is 0 Å². The molecule has 0 fully saturated rings. The summed E-state index contributed by atoms with van der Waals surface area (Å²) in [6.45, 7) is 4.83. The van der Waals surface area contributed by atoms with Gasteiger partial charge < -0.3 is 20.1 Å². The van der Waals surface area contributed by atoms with Crippen molar-refractivity contribution in [3.05, 3.63) is 80.4 Å². The van der Waals surface area contributed by atoms with Crippen LogP contribution < -0.4 is 20.1 Å². The summed E-state index contributed by atoms with van der Waals surface area (Å²) in [5.41, 5.74) is 3.69. The number of anilines is 2. The predicted molar refractivity (Wildman–Crippen MR) is 134 cm³/mol. The number of nitrogens with one attached hydrogen (secondary N) is 2. The standard InChI is InChI=1S/C24H24ClIN2O3/c1-3-30-22-12-17(14-27-18-7-5-4-6-8-18)11-21(26)24(22)31-15-23(29)28-19-10-9-16(2)20(25)13-19/h4-13,27H,3,14-15H2,1-2H3,(H,28,29). The number of aryl methyl sites for hydroxylation is 1. The molecule has 7 heteroatoms. The van der Waals surface area contributed by atoms with E-state index >= 15 is 0 Å². The van der Waals surface area contributed by atoms with E-state index in [9.17, 15) is 4.79 Å². The van der Waals surface area contributed by atoms with Gasteiger partial charge >= 0.3 is 0 Å². The molecule has 0 radical (unpaired) electrons. The van der Waals surface area contributed by atoms with Gasteiger partial charge in [0.15, 0.2) is 18.1 Å². The topological polar surface area (TPSA) is 59.6 Å². The van der Waals surface area contributed by atoms with E-state index in [2.05, 4.69) is 33.2 Å². The Morgan fingerprint density at radius 3 is 2.52 bits per heavy atom. The maximum Gasteiger partial charge on any atom is 0.262 e. The van der Waals surface area contributed by atoms with E-state index in [1.165, 1.54) is 0 Å². The summed E-state index contributed by atoms with van der Waals surface area (Å²) in [4.78, 5) is 12.4. The molecule has 5 nitrogen and oxygen atoms in total. The minimum atomic E-state index is -0.270. The number of rotatable bonds is 9. The molecule has 3 aromatic carbocycles. The largest absolute Gasteiger partial charge is 0.490 e. The van der Waals surface area contributed by atoms with Crippen molar-refractivity contribution in [2.45, 2.75) is 20.4 Å². The highest BCUT2D eigenvalue weighted by atomic mass is 127. The van der Waals surface area contributed by atoms with Gasteiger partial charge in [-0.1, -0.05) is 35.9 Å². The fourth-order valence-corrected chi connectivity index (χ4v) is 3.89. The normalized spacial score (nSPS) is 10.5. The van der Waals surface area contributed by atoms with Crippen LogP contribution in [0.15, 0.2) is 60.7 Å². The smallest absolute Gasteiger partial charge is 0.262 e. The second kappa shape index (κ2) is 11.2. The second-order valence-corrected chi connectivity index (χ2v) is 8.43. The molecule has 0 spiro atoms. The Bertz CT molecular complexity index is 1040. The van der Waals surface area contributed by atoms with E-state index in [-0.39, 0.29) is 12.5 Å². The first-order chi connectivity index (χ1) is 15.0. The fraction of sp³-hybridized carbons (Fsp3) is 0.208. The van der Waals surface area contributed by atoms with Crippen LogP contribution in [-0.2, 0) is 11.3 Å². The number of para-hydroxylation sites is 1. The van der Waals surface area contributed by atoms with E-state index in [1.54, 1.807) is 6.07 Å². The van der Waals surface area contributed by atoms with Crippen molar-refractivity contribution >= 4 is 51.5 Å². The van der Waals surface area contributed by atoms with Crippen LogP contribution in [0.4, 0.5) is 11.4 Å². The molecule has 0 aliphatic heterocycles. The zero-order chi connectivity index (χ0) is 22.2. The number of amides is 1. The van der Waals surface area contributed by atoms with Crippen LogP contribution in [0.25, 0.3) is 0 Å². The molecular formula is C24H24ClIN2O3. The number of benzene rings is 3. The third-order valence-electron chi connectivity index (χ3n) is 4.44. The molecule has 2 N–H and O–H groups in total. The monoisotopic (exact) mass is 550 g/mol. The van der Waals surface area contributed by atoms with E-state index < -0.39 is 0 Å². The molecule has 3 aromatic rings. The van der Waals surface area contributed by atoms with Gasteiger partial charge in [-0.3, -0.25) is 4.79 Å². The summed E-state index contributed by atoms with van der Waals surface area (Å²) in [7, 11) is 0. The van der Waals surface area contributed by atoms with Crippen LogP contribution in [0, 0.1) is 10.5 Å². The second-order valence-electron chi connectivity index (χ2n) is 6.86. The third-order valence-corrected chi connectivity index (χ3v) is 5.65. The number of hydrogen-bond donors (Lipinski definition) is 2. The Morgan fingerprint density at radius 2 is 1.81 bits per heavy atom. The lowest BCUT2D eigenvalue weighted by molar-refractivity contribution is -0.118. The van der Waals surface area contributed by atoms with Crippen molar-refractivity contribution < 1.29 is 14.3 Å². The van der Waals surface area contributed by atoms with Crippen LogP contribution in [0.2, 0.25) is 5.02 Å². The molecule has 1 amide bonds. The van der Waals surface area contributed by atoms with Gasteiger partial charge in [-0.05, 0) is 84.0 Å². The van der Waals surface area contributed by atoms with Crippen LogP contribution in [0.3, 0.4) is 0 Å². The van der Waals surface area contributed by atoms with Crippen molar-refractivity contribution in [1.29, 1.82) is 0 Å². The molecule has 0 unspecified atom stereocenters. The van der Waals surface area contributed by atoms with Gasteiger partial charge in [0.05, 0.1) is 10.2 Å². The Balaban J connectivity index is 1.66. The minimum absolute atomic E-state index is 0.136. The van der Waals surface area contributed by atoms with Crippen molar-refractivity contribution in [2.24, 2.45) is 0 Å². The van der Waals surface area contributed by atoms with Crippen molar-refractivity contribution in [3.63, 3.8) is 0 Å². The highest BCUT2D eigenvalue weighted by Crippen LogP contribution is 2.34. The Kier molecular flexibility index (Phi) is 8.43. The van der Waals surface area contributed by atoms with Crippen molar-refractivity contribution in [2.75, 3.05) is 23.8 Å². The van der Waals surface area contributed by atoms with Gasteiger partial charge in [0, 0.05) is 22.9 Å². The van der Waals surface area contributed by atoms with Gasteiger partial charge in [-0.15, -0.1) is 0 Å². The molecule has 0 saturated carbocycles. The van der Waals surface area contributed by atoms with Crippen molar-refractivity contribution in [3.8, 4) is 11.5 Å². The summed E-state index contributed by atoms with van der Waals surface area (Å²) in [6, 6.07) is 19.3. The SMILES string of the molecule is CCOc1cc(CNc2ccccc2)cc(I)c1OCC(=O)Nc1ccc(C)c(Cl)c1. The van der Waals surface area contributed by atoms with E-state index in [0.717, 1.165) is 20.4 Å². The highest BCUT2D eigenvalue weighted by molar-refractivity contribution is 14.1. The first kappa shape index (κ1) is 23.2. The average Bonchev–Trinajstić information content (AvgIpc) is 2.75. The van der Waals surface area contributed by atoms with E-state index in [4.69, 9.17) is 21.1 Å².